The first kappa shape index (κ1) is 15.9. The average Bonchev–Trinajstić information content (AvgIpc) is 2.76. The molecule has 2 aromatic rings. The summed E-state index contributed by atoms with van der Waals surface area (Å²) in [5.74, 6) is 0. The highest BCUT2D eigenvalue weighted by Gasteiger charge is 2.33. The van der Waals surface area contributed by atoms with Gasteiger partial charge >= 0.3 is 6.18 Å². The Hall–Kier alpha value is -1.50. The minimum Gasteiger partial charge on any atom is -0.379 e. The van der Waals surface area contributed by atoms with Gasteiger partial charge in [-0.15, -0.1) is 0 Å². The Balaban J connectivity index is 2.24. The molecule has 2 rings (SSSR count). The van der Waals surface area contributed by atoms with E-state index in [1.807, 2.05) is 19.9 Å². The number of rotatable bonds is 4. The van der Waals surface area contributed by atoms with E-state index in [-0.39, 0.29) is 5.69 Å². The van der Waals surface area contributed by atoms with E-state index in [4.69, 9.17) is 0 Å². The third kappa shape index (κ3) is 3.78. The van der Waals surface area contributed by atoms with Crippen LogP contribution in [0.15, 0.2) is 28.7 Å². The summed E-state index contributed by atoms with van der Waals surface area (Å²) in [6, 6.07) is 5.94. The van der Waals surface area contributed by atoms with E-state index in [2.05, 4.69) is 26.3 Å². The number of alkyl halides is 3. The first-order chi connectivity index (χ1) is 9.81. The number of aromatic nitrogens is 2. The van der Waals surface area contributed by atoms with E-state index < -0.39 is 11.7 Å². The number of nitrogens with zero attached hydrogens (tertiary/aromatic N) is 2. The molecule has 0 amide bonds. The van der Waals surface area contributed by atoms with E-state index in [0.717, 1.165) is 17.5 Å². The van der Waals surface area contributed by atoms with Gasteiger partial charge in [-0.25, -0.2) is 0 Å². The minimum atomic E-state index is -4.40. The van der Waals surface area contributed by atoms with Crippen LogP contribution in [0.5, 0.6) is 0 Å². The summed E-state index contributed by atoms with van der Waals surface area (Å²) in [5.41, 5.74) is 1.08. The minimum absolute atomic E-state index is 0.0622. The maximum atomic E-state index is 13.0. The van der Waals surface area contributed by atoms with Gasteiger partial charge < -0.3 is 5.32 Å². The third-order valence-electron chi connectivity index (χ3n) is 3.03. The maximum Gasteiger partial charge on any atom is 0.418 e. The van der Waals surface area contributed by atoms with Crippen molar-refractivity contribution in [1.82, 2.24) is 9.78 Å². The Labute approximate surface area is 129 Å². The highest BCUT2D eigenvalue weighted by Crippen LogP contribution is 2.36. The largest absolute Gasteiger partial charge is 0.418 e. The molecular formula is C14H15BrF3N3. The lowest BCUT2D eigenvalue weighted by Gasteiger charge is -2.15. The summed E-state index contributed by atoms with van der Waals surface area (Å²) in [7, 11) is 0. The highest BCUT2D eigenvalue weighted by atomic mass is 79.9. The van der Waals surface area contributed by atoms with Crippen molar-refractivity contribution in [1.29, 1.82) is 0 Å². The van der Waals surface area contributed by atoms with Crippen LogP contribution in [-0.2, 0) is 19.3 Å². The molecule has 21 heavy (non-hydrogen) atoms. The molecule has 0 aliphatic heterocycles. The molecule has 0 spiro atoms. The molecule has 0 aliphatic carbocycles. The van der Waals surface area contributed by atoms with E-state index in [0.29, 0.717) is 17.6 Å². The van der Waals surface area contributed by atoms with Gasteiger partial charge in [-0.1, -0.05) is 15.9 Å². The molecule has 0 fully saturated rings. The monoisotopic (exact) mass is 361 g/mol. The molecule has 0 radical (unpaired) electrons. The Kier molecular flexibility index (Phi) is 4.61. The summed E-state index contributed by atoms with van der Waals surface area (Å²) < 4.78 is 41.2. The van der Waals surface area contributed by atoms with Crippen LogP contribution in [0.1, 0.15) is 23.9 Å². The lowest BCUT2D eigenvalue weighted by Crippen LogP contribution is -2.13. The van der Waals surface area contributed by atoms with Crippen molar-refractivity contribution in [2.75, 3.05) is 5.32 Å². The first-order valence-electron chi connectivity index (χ1n) is 6.45. The van der Waals surface area contributed by atoms with E-state index >= 15 is 0 Å². The summed E-state index contributed by atoms with van der Waals surface area (Å²) in [6.45, 7) is 4.77. The lowest BCUT2D eigenvalue weighted by molar-refractivity contribution is -0.137. The van der Waals surface area contributed by atoms with Crippen LogP contribution in [-0.4, -0.2) is 9.78 Å². The van der Waals surface area contributed by atoms with Crippen molar-refractivity contribution in [3.63, 3.8) is 0 Å². The van der Waals surface area contributed by atoms with Crippen molar-refractivity contribution in [2.24, 2.45) is 0 Å². The molecule has 1 heterocycles. The predicted octanol–water partition coefficient (Wildman–Crippen LogP) is 4.60. The zero-order valence-corrected chi connectivity index (χ0v) is 13.2. The number of anilines is 1. The average molecular weight is 362 g/mol. The Bertz CT molecular complexity index is 635. The normalized spacial score (nSPS) is 11.7. The Morgan fingerprint density at radius 2 is 2.00 bits per heavy atom. The fourth-order valence-corrected chi connectivity index (χ4v) is 2.47. The molecule has 1 N–H and O–H groups in total. The molecule has 0 saturated heterocycles. The summed E-state index contributed by atoms with van der Waals surface area (Å²) in [5, 5.41) is 7.12. The van der Waals surface area contributed by atoms with E-state index in [1.165, 1.54) is 6.07 Å². The lowest BCUT2D eigenvalue weighted by atomic mass is 10.1. The van der Waals surface area contributed by atoms with Crippen LogP contribution >= 0.6 is 15.9 Å². The van der Waals surface area contributed by atoms with Crippen molar-refractivity contribution >= 4 is 21.6 Å². The van der Waals surface area contributed by atoms with Crippen molar-refractivity contribution in [3.8, 4) is 0 Å². The van der Waals surface area contributed by atoms with Gasteiger partial charge in [0.1, 0.15) is 0 Å². The van der Waals surface area contributed by atoms with Gasteiger partial charge in [-0.05, 0) is 38.1 Å². The second-order valence-corrected chi connectivity index (χ2v) is 5.55. The number of benzene rings is 1. The number of aryl methyl sites for hydroxylation is 2. The predicted molar refractivity (Wildman–Crippen MR) is 79.1 cm³/mol. The molecule has 0 saturated carbocycles. The zero-order valence-electron chi connectivity index (χ0n) is 11.6. The van der Waals surface area contributed by atoms with Gasteiger partial charge in [0.15, 0.2) is 0 Å². The second kappa shape index (κ2) is 6.09. The van der Waals surface area contributed by atoms with Gasteiger partial charge in [0, 0.05) is 16.7 Å². The van der Waals surface area contributed by atoms with E-state index in [9.17, 15) is 13.2 Å². The van der Waals surface area contributed by atoms with Gasteiger partial charge in [-0.3, -0.25) is 4.68 Å². The number of halogens is 4. The van der Waals surface area contributed by atoms with Crippen LogP contribution < -0.4 is 5.32 Å². The maximum absolute atomic E-state index is 13.0. The molecule has 0 aliphatic rings. The van der Waals surface area contributed by atoms with Gasteiger partial charge in [0.05, 0.1) is 23.5 Å². The Morgan fingerprint density at radius 1 is 1.29 bits per heavy atom. The first-order valence-corrected chi connectivity index (χ1v) is 7.24. The number of hydrogen-bond acceptors (Lipinski definition) is 2. The van der Waals surface area contributed by atoms with Crippen LogP contribution in [0.2, 0.25) is 0 Å². The smallest absolute Gasteiger partial charge is 0.379 e. The SMILES string of the molecule is CCn1nc(C)cc1CNc1ccc(Br)cc1C(F)(F)F. The Morgan fingerprint density at radius 3 is 2.62 bits per heavy atom. The molecule has 0 unspecified atom stereocenters. The van der Waals surface area contributed by atoms with Gasteiger partial charge in [0.25, 0.3) is 0 Å². The summed E-state index contributed by atoms with van der Waals surface area (Å²) in [6.07, 6.45) is -4.40. The van der Waals surface area contributed by atoms with Crippen molar-refractivity contribution in [2.45, 2.75) is 33.1 Å². The molecule has 1 aromatic carbocycles. The highest BCUT2D eigenvalue weighted by molar-refractivity contribution is 9.10. The summed E-state index contributed by atoms with van der Waals surface area (Å²) >= 11 is 3.07. The topological polar surface area (TPSA) is 29.9 Å². The van der Waals surface area contributed by atoms with Crippen molar-refractivity contribution < 1.29 is 13.2 Å². The summed E-state index contributed by atoms with van der Waals surface area (Å²) in [4.78, 5) is 0. The molecule has 0 bridgehead atoms. The van der Waals surface area contributed by atoms with Crippen LogP contribution in [0.25, 0.3) is 0 Å². The van der Waals surface area contributed by atoms with Crippen LogP contribution in [0, 0.1) is 6.92 Å². The molecule has 3 nitrogen and oxygen atoms in total. The molecule has 7 heteroatoms. The van der Waals surface area contributed by atoms with Crippen LogP contribution in [0.4, 0.5) is 18.9 Å². The number of nitrogens with one attached hydrogen (secondary N) is 1. The fourth-order valence-electron chi connectivity index (χ4n) is 2.11. The zero-order chi connectivity index (χ0) is 15.6. The quantitative estimate of drug-likeness (QED) is 0.861. The third-order valence-corrected chi connectivity index (χ3v) is 3.53. The second-order valence-electron chi connectivity index (χ2n) is 4.63. The molecule has 114 valence electrons. The van der Waals surface area contributed by atoms with Crippen molar-refractivity contribution in [3.05, 3.63) is 45.7 Å². The van der Waals surface area contributed by atoms with E-state index in [1.54, 1.807) is 10.7 Å². The molecule has 0 atom stereocenters. The molecule has 1 aromatic heterocycles. The molecular weight excluding hydrogens is 347 g/mol. The van der Waals surface area contributed by atoms with Crippen LogP contribution in [0.3, 0.4) is 0 Å². The fraction of sp³-hybridized carbons (Fsp3) is 0.357. The standard InChI is InChI=1S/C14H15BrF3N3/c1-3-21-11(6-9(2)20-21)8-19-13-5-4-10(15)7-12(13)14(16,17)18/h4-7,19H,3,8H2,1-2H3. The van der Waals surface area contributed by atoms with Gasteiger partial charge in [-0.2, -0.15) is 18.3 Å². The number of hydrogen-bond donors (Lipinski definition) is 1. The van der Waals surface area contributed by atoms with Gasteiger partial charge in [0.2, 0.25) is 0 Å².